The van der Waals surface area contributed by atoms with Crippen LogP contribution in [0, 0.1) is 0 Å². The molecule has 1 heterocycles. The van der Waals surface area contributed by atoms with Gasteiger partial charge in [-0.15, -0.1) is 0 Å². The molecule has 0 aliphatic carbocycles. The highest BCUT2D eigenvalue weighted by Gasteiger charge is 2.25. The molecular formula is C23H30N2O3S. The van der Waals surface area contributed by atoms with Crippen LogP contribution in [0.4, 0.5) is 5.69 Å². The molecule has 1 atom stereocenters. The molecule has 1 fully saturated rings. The molecule has 2 aromatic rings. The molecule has 1 N–H and O–H groups in total. The Balaban J connectivity index is 1.66. The van der Waals surface area contributed by atoms with Crippen LogP contribution in [0.3, 0.4) is 0 Å². The summed E-state index contributed by atoms with van der Waals surface area (Å²) in [5.74, 6) is 0.262. The first-order valence-corrected chi connectivity index (χ1v) is 11.8. The molecule has 1 amide bonds. The first-order chi connectivity index (χ1) is 13.9. The monoisotopic (exact) mass is 414 g/mol. The van der Waals surface area contributed by atoms with Gasteiger partial charge in [-0.1, -0.05) is 50.6 Å². The van der Waals surface area contributed by atoms with Gasteiger partial charge in [-0.2, -0.15) is 4.31 Å². The van der Waals surface area contributed by atoms with E-state index in [1.807, 2.05) is 24.3 Å². The number of nitrogens with zero attached hydrogens (tertiary/aromatic N) is 1. The molecule has 0 bridgehead atoms. The Labute approximate surface area is 174 Å². The van der Waals surface area contributed by atoms with Gasteiger partial charge in [0.05, 0.1) is 11.3 Å². The number of amides is 1. The summed E-state index contributed by atoms with van der Waals surface area (Å²) in [4.78, 5) is 12.8. The van der Waals surface area contributed by atoms with Crippen LogP contribution in [0.2, 0.25) is 0 Å². The maximum atomic E-state index is 12.7. The number of carbonyl (C=O) groups is 1. The van der Waals surface area contributed by atoms with Gasteiger partial charge in [0.2, 0.25) is 15.9 Å². The molecule has 1 saturated heterocycles. The summed E-state index contributed by atoms with van der Waals surface area (Å²) in [6.07, 6.45) is 4.12. The molecule has 1 aliphatic rings. The fraction of sp³-hybridized carbons (Fsp3) is 0.435. The third-order valence-corrected chi connectivity index (χ3v) is 7.53. The van der Waals surface area contributed by atoms with E-state index in [0.29, 0.717) is 23.9 Å². The molecular weight excluding hydrogens is 384 g/mol. The lowest BCUT2D eigenvalue weighted by molar-refractivity contribution is -0.115. The topological polar surface area (TPSA) is 66.5 Å². The highest BCUT2D eigenvalue weighted by Crippen LogP contribution is 2.27. The van der Waals surface area contributed by atoms with Crippen molar-refractivity contribution in [2.75, 3.05) is 18.4 Å². The Hall–Kier alpha value is -2.18. The third kappa shape index (κ3) is 5.25. The van der Waals surface area contributed by atoms with Crippen molar-refractivity contribution in [3.05, 3.63) is 59.7 Å². The van der Waals surface area contributed by atoms with Crippen LogP contribution in [-0.4, -0.2) is 31.7 Å². The minimum absolute atomic E-state index is 0.104. The molecule has 2 aromatic carbocycles. The predicted molar refractivity (Wildman–Crippen MR) is 117 cm³/mol. The molecule has 0 radical (unpaired) electrons. The zero-order valence-electron chi connectivity index (χ0n) is 17.2. The minimum Gasteiger partial charge on any atom is -0.326 e. The standard InChI is InChI=1S/C23H30N2O3S/c1-3-18(2)21-9-5-6-10-22(21)24-23(26)17-19-11-13-20(14-12-19)29(27,28)25-15-7-4-8-16-25/h5-6,9-14,18H,3-4,7-8,15-17H2,1-2H3,(H,24,26)/t18-/m1/s1. The highest BCUT2D eigenvalue weighted by atomic mass is 32.2. The van der Waals surface area contributed by atoms with E-state index in [9.17, 15) is 13.2 Å². The second kappa shape index (κ2) is 9.55. The van der Waals surface area contributed by atoms with Gasteiger partial charge in [-0.25, -0.2) is 8.42 Å². The van der Waals surface area contributed by atoms with Gasteiger partial charge in [0.15, 0.2) is 0 Å². The van der Waals surface area contributed by atoms with Crippen LogP contribution < -0.4 is 5.32 Å². The Morgan fingerprint density at radius 1 is 1.03 bits per heavy atom. The molecule has 1 aliphatic heterocycles. The molecule has 0 saturated carbocycles. The summed E-state index contributed by atoms with van der Waals surface area (Å²) in [5.41, 5.74) is 2.77. The minimum atomic E-state index is -3.44. The molecule has 6 heteroatoms. The average molecular weight is 415 g/mol. The number of rotatable bonds is 7. The van der Waals surface area contributed by atoms with Crippen molar-refractivity contribution in [2.45, 2.75) is 56.8 Å². The summed E-state index contributed by atoms with van der Waals surface area (Å²) in [6, 6.07) is 14.6. The largest absolute Gasteiger partial charge is 0.326 e. The van der Waals surface area contributed by atoms with Crippen LogP contribution in [-0.2, 0) is 21.2 Å². The second-order valence-corrected chi connectivity index (χ2v) is 9.67. The maximum absolute atomic E-state index is 12.7. The number of hydrogen-bond donors (Lipinski definition) is 1. The van der Waals surface area contributed by atoms with Gasteiger partial charge in [-0.05, 0) is 54.5 Å². The quantitative estimate of drug-likeness (QED) is 0.722. The van der Waals surface area contributed by atoms with E-state index in [-0.39, 0.29) is 12.3 Å². The van der Waals surface area contributed by atoms with Gasteiger partial charge in [0, 0.05) is 18.8 Å². The van der Waals surface area contributed by atoms with Crippen molar-refractivity contribution in [1.82, 2.24) is 4.31 Å². The Bertz CT molecular complexity index is 933. The van der Waals surface area contributed by atoms with E-state index in [1.165, 1.54) is 0 Å². The molecule has 29 heavy (non-hydrogen) atoms. The third-order valence-electron chi connectivity index (χ3n) is 5.62. The number of benzene rings is 2. The molecule has 0 unspecified atom stereocenters. The summed E-state index contributed by atoms with van der Waals surface area (Å²) in [7, 11) is -3.44. The van der Waals surface area contributed by atoms with Crippen molar-refractivity contribution in [3.8, 4) is 0 Å². The number of nitrogens with one attached hydrogen (secondary N) is 1. The maximum Gasteiger partial charge on any atom is 0.243 e. The summed E-state index contributed by atoms with van der Waals surface area (Å²) in [6.45, 7) is 5.44. The van der Waals surface area contributed by atoms with Crippen molar-refractivity contribution < 1.29 is 13.2 Å². The molecule has 0 spiro atoms. The lowest BCUT2D eigenvalue weighted by atomic mass is 9.97. The molecule has 5 nitrogen and oxygen atoms in total. The number of carbonyl (C=O) groups excluding carboxylic acids is 1. The number of hydrogen-bond acceptors (Lipinski definition) is 3. The van der Waals surface area contributed by atoms with Gasteiger partial charge >= 0.3 is 0 Å². The van der Waals surface area contributed by atoms with E-state index >= 15 is 0 Å². The van der Waals surface area contributed by atoms with E-state index in [2.05, 4.69) is 19.2 Å². The first kappa shape index (κ1) is 21.5. The number of piperidine rings is 1. The predicted octanol–water partition coefficient (Wildman–Crippen LogP) is 4.56. The fourth-order valence-corrected chi connectivity index (χ4v) is 5.19. The van der Waals surface area contributed by atoms with Crippen LogP contribution >= 0.6 is 0 Å². The molecule has 0 aromatic heterocycles. The Morgan fingerprint density at radius 2 is 1.69 bits per heavy atom. The first-order valence-electron chi connectivity index (χ1n) is 10.4. The zero-order chi connectivity index (χ0) is 20.9. The van der Waals surface area contributed by atoms with Crippen molar-refractivity contribution in [3.63, 3.8) is 0 Å². The van der Waals surface area contributed by atoms with Gasteiger partial charge in [0.1, 0.15) is 0 Å². The average Bonchev–Trinajstić information content (AvgIpc) is 2.74. The number of sulfonamides is 1. The second-order valence-electron chi connectivity index (χ2n) is 7.73. The lowest BCUT2D eigenvalue weighted by Gasteiger charge is -2.25. The van der Waals surface area contributed by atoms with Crippen LogP contribution in [0.25, 0.3) is 0 Å². The van der Waals surface area contributed by atoms with Gasteiger partial charge in [0.25, 0.3) is 0 Å². The lowest BCUT2D eigenvalue weighted by Crippen LogP contribution is -2.35. The fourth-order valence-electron chi connectivity index (χ4n) is 3.67. The normalized spacial score (nSPS) is 16.3. The van der Waals surface area contributed by atoms with Crippen LogP contribution in [0.1, 0.15) is 56.6 Å². The number of para-hydroxylation sites is 1. The van der Waals surface area contributed by atoms with E-state index in [0.717, 1.165) is 42.5 Å². The van der Waals surface area contributed by atoms with Gasteiger partial charge < -0.3 is 5.32 Å². The van der Waals surface area contributed by atoms with E-state index < -0.39 is 10.0 Å². The summed E-state index contributed by atoms with van der Waals surface area (Å²) in [5, 5.41) is 3.01. The van der Waals surface area contributed by atoms with E-state index in [1.54, 1.807) is 28.6 Å². The SMILES string of the molecule is CC[C@@H](C)c1ccccc1NC(=O)Cc1ccc(S(=O)(=O)N2CCCCC2)cc1. The summed E-state index contributed by atoms with van der Waals surface area (Å²) >= 11 is 0. The van der Waals surface area contributed by atoms with Crippen LogP contribution in [0.15, 0.2) is 53.4 Å². The Morgan fingerprint density at radius 3 is 2.34 bits per heavy atom. The Kier molecular flexibility index (Phi) is 7.09. The molecule has 3 rings (SSSR count). The number of anilines is 1. The van der Waals surface area contributed by atoms with Crippen molar-refractivity contribution in [1.29, 1.82) is 0 Å². The highest BCUT2D eigenvalue weighted by molar-refractivity contribution is 7.89. The van der Waals surface area contributed by atoms with Crippen LogP contribution in [0.5, 0.6) is 0 Å². The van der Waals surface area contributed by atoms with E-state index in [4.69, 9.17) is 0 Å². The van der Waals surface area contributed by atoms with Gasteiger partial charge in [-0.3, -0.25) is 4.79 Å². The van der Waals surface area contributed by atoms with Crippen molar-refractivity contribution in [2.24, 2.45) is 0 Å². The summed E-state index contributed by atoms with van der Waals surface area (Å²) < 4.78 is 27.0. The smallest absolute Gasteiger partial charge is 0.243 e. The van der Waals surface area contributed by atoms with Crippen molar-refractivity contribution >= 4 is 21.6 Å². The zero-order valence-corrected chi connectivity index (χ0v) is 18.0. The molecule has 156 valence electrons.